The second kappa shape index (κ2) is 5.05. The predicted molar refractivity (Wildman–Crippen MR) is 62.1 cm³/mol. The first-order chi connectivity index (χ1) is 7.25. The third-order valence-electron chi connectivity index (χ3n) is 2.88. The van der Waals surface area contributed by atoms with Gasteiger partial charge in [-0.15, -0.1) is 11.3 Å². The molecule has 2 rings (SSSR count). The lowest BCUT2D eigenvalue weighted by Gasteiger charge is -2.26. The molecule has 0 bridgehead atoms. The first-order valence-electron chi connectivity index (χ1n) is 5.50. The van der Waals surface area contributed by atoms with Crippen molar-refractivity contribution in [2.75, 3.05) is 13.2 Å². The van der Waals surface area contributed by atoms with E-state index in [2.05, 4.69) is 10.4 Å². The van der Waals surface area contributed by atoms with E-state index in [-0.39, 0.29) is 6.04 Å². The van der Waals surface area contributed by atoms with Crippen LogP contribution in [-0.4, -0.2) is 24.2 Å². The summed E-state index contributed by atoms with van der Waals surface area (Å²) in [4.78, 5) is 4.44. The monoisotopic (exact) mass is 226 g/mol. The van der Waals surface area contributed by atoms with Crippen LogP contribution in [0.3, 0.4) is 0 Å². The summed E-state index contributed by atoms with van der Waals surface area (Å²) < 4.78 is 5.45. The molecular weight excluding hydrogens is 208 g/mol. The fourth-order valence-electron chi connectivity index (χ4n) is 1.97. The maximum Gasteiger partial charge on any atom is 0.0943 e. The smallest absolute Gasteiger partial charge is 0.0943 e. The number of thiazole rings is 1. The number of hydrogen-bond donors (Lipinski definition) is 1. The van der Waals surface area contributed by atoms with Gasteiger partial charge in [0.15, 0.2) is 0 Å². The maximum absolute atomic E-state index is 6.18. The van der Waals surface area contributed by atoms with Gasteiger partial charge in [0, 0.05) is 30.1 Å². The second-order valence-electron chi connectivity index (χ2n) is 4.23. The molecule has 1 aromatic heterocycles. The molecule has 1 aliphatic rings. The third-order valence-corrected chi connectivity index (χ3v) is 3.87. The van der Waals surface area contributed by atoms with Crippen LogP contribution in [0.5, 0.6) is 0 Å². The van der Waals surface area contributed by atoms with Gasteiger partial charge in [-0.25, -0.2) is 4.98 Å². The summed E-state index contributed by atoms with van der Waals surface area (Å²) in [6.07, 6.45) is 3.24. The lowest BCUT2D eigenvalue weighted by atomic mass is 9.92. The van der Waals surface area contributed by atoms with Crippen molar-refractivity contribution in [2.24, 2.45) is 11.7 Å². The molecule has 2 heterocycles. The predicted octanol–water partition coefficient (Wildman–Crippen LogP) is 1.75. The highest BCUT2D eigenvalue weighted by molar-refractivity contribution is 7.09. The van der Waals surface area contributed by atoms with Gasteiger partial charge in [-0.2, -0.15) is 0 Å². The minimum atomic E-state index is 0.204. The van der Waals surface area contributed by atoms with E-state index >= 15 is 0 Å². The summed E-state index contributed by atoms with van der Waals surface area (Å²) >= 11 is 1.71. The summed E-state index contributed by atoms with van der Waals surface area (Å²) in [6.45, 7) is 3.75. The largest absolute Gasteiger partial charge is 0.381 e. The lowest BCUT2D eigenvalue weighted by Crippen LogP contribution is -2.37. The van der Waals surface area contributed by atoms with Crippen molar-refractivity contribution in [3.8, 4) is 0 Å². The molecule has 1 aliphatic heterocycles. The number of aromatic nitrogens is 1. The van der Waals surface area contributed by atoms with Crippen LogP contribution < -0.4 is 5.73 Å². The van der Waals surface area contributed by atoms with Crippen LogP contribution in [0.1, 0.15) is 23.5 Å². The van der Waals surface area contributed by atoms with Crippen molar-refractivity contribution in [3.05, 3.63) is 16.1 Å². The van der Waals surface area contributed by atoms with Crippen molar-refractivity contribution in [3.63, 3.8) is 0 Å². The van der Waals surface area contributed by atoms with E-state index < -0.39 is 0 Å². The Morgan fingerprint density at radius 3 is 3.20 bits per heavy atom. The van der Waals surface area contributed by atoms with Crippen molar-refractivity contribution in [1.29, 1.82) is 0 Å². The fraction of sp³-hybridized carbons (Fsp3) is 0.727. The number of rotatable bonds is 3. The summed E-state index contributed by atoms with van der Waals surface area (Å²) in [6, 6.07) is 0.204. The van der Waals surface area contributed by atoms with E-state index in [9.17, 15) is 0 Å². The van der Waals surface area contributed by atoms with Crippen LogP contribution >= 0.6 is 11.3 Å². The van der Waals surface area contributed by atoms with Crippen molar-refractivity contribution < 1.29 is 4.74 Å². The summed E-state index contributed by atoms with van der Waals surface area (Å²) in [5.41, 5.74) is 7.28. The van der Waals surface area contributed by atoms with Crippen molar-refractivity contribution in [1.82, 2.24) is 4.98 Å². The fourth-order valence-corrected chi connectivity index (χ4v) is 2.81. The second-order valence-corrected chi connectivity index (χ2v) is 5.17. The van der Waals surface area contributed by atoms with E-state index in [4.69, 9.17) is 10.5 Å². The number of hydrogen-bond acceptors (Lipinski definition) is 4. The van der Waals surface area contributed by atoms with Gasteiger partial charge in [-0.3, -0.25) is 0 Å². The van der Waals surface area contributed by atoms with Gasteiger partial charge in [0.2, 0.25) is 0 Å². The Kier molecular flexibility index (Phi) is 3.72. The lowest BCUT2D eigenvalue weighted by molar-refractivity contribution is 0.0450. The molecule has 2 N–H and O–H groups in total. The van der Waals surface area contributed by atoms with E-state index in [0.717, 1.165) is 36.8 Å². The summed E-state index contributed by atoms with van der Waals surface area (Å²) in [7, 11) is 0. The standard InChI is InChI=1S/C11H18N2OS/c1-8-7-15-11(13-8)5-10(12)9-3-2-4-14-6-9/h7,9-10H,2-6,12H2,1H3. The minimum Gasteiger partial charge on any atom is -0.381 e. The number of nitrogens with two attached hydrogens (primary N) is 1. The molecule has 4 heteroatoms. The van der Waals surface area contributed by atoms with Crippen LogP contribution in [-0.2, 0) is 11.2 Å². The zero-order valence-corrected chi connectivity index (χ0v) is 9.93. The quantitative estimate of drug-likeness (QED) is 0.854. The first-order valence-corrected chi connectivity index (χ1v) is 6.38. The van der Waals surface area contributed by atoms with Crippen LogP contribution in [0.25, 0.3) is 0 Å². The van der Waals surface area contributed by atoms with Crippen LogP contribution in [0.2, 0.25) is 0 Å². The van der Waals surface area contributed by atoms with Gasteiger partial charge in [-0.05, 0) is 25.7 Å². The molecule has 15 heavy (non-hydrogen) atoms. The molecule has 0 spiro atoms. The first kappa shape index (κ1) is 11.0. The molecular formula is C11H18N2OS. The minimum absolute atomic E-state index is 0.204. The Bertz CT molecular complexity index is 307. The zero-order valence-electron chi connectivity index (χ0n) is 9.11. The van der Waals surface area contributed by atoms with Gasteiger partial charge < -0.3 is 10.5 Å². The van der Waals surface area contributed by atoms with Gasteiger partial charge in [-0.1, -0.05) is 0 Å². The number of aryl methyl sites for hydroxylation is 1. The maximum atomic E-state index is 6.18. The molecule has 0 aliphatic carbocycles. The van der Waals surface area contributed by atoms with Crippen molar-refractivity contribution >= 4 is 11.3 Å². The van der Waals surface area contributed by atoms with E-state index in [0.29, 0.717) is 5.92 Å². The Labute approximate surface area is 94.7 Å². The number of nitrogens with zero attached hydrogens (tertiary/aromatic N) is 1. The highest BCUT2D eigenvalue weighted by Crippen LogP contribution is 2.20. The van der Waals surface area contributed by atoms with Gasteiger partial charge in [0.1, 0.15) is 0 Å². The van der Waals surface area contributed by atoms with E-state index in [1.54, 1.807) is 11.3 Å². The van der Waals surface area contributed by atoms with Gasteiger partial charge in [0.25, 0.3) is 0 Å². The molecule has 1 saturated heterocycles. The van der Waals surface area contributed by atoms with E-state index in [1.807, 2.05) is 6.92 Å². The molecule has 3 nitrogen and oxygen atoms in total. The van der Waals surface area contributed by atoms with Crippen LogP contribution in [0.15, 0.2) is 5.38 Å². The normalized spacial score (nSPS) is 24.0. The van der Waals surface area contributed by atoms with Crippen molar-refractivity contribution in [2.45, 2.75) is 32.2 Å². The topological polar surface area (TPSA) is 48.1 Å². The molecule has 0 saturated carbocycles. The molecule has 84 valence electrons. The number of ether oxygens (including phenoxy) is 1. The molecule has 1 fully saturated rings. The Morgan fingerprint density at radius 2 is 2.60 bits per heavy atom. The highest BCUT2D eigenvalue weighted by atomic mass is 32.1. The molecule has 2 atom stereocenters. The SMILES string of the molecule is Cc1csc(CC(N)C2CCCOC2)n1. The molecule has 2 unspecified atom stereocenters. The van der Waals surface area contributed by atoms with Gasteiger partial charge >= 0.3 is 0 Å². The Balaban J connectivity index is 1.88. The van der Waals surface area contributed by atoms with Gasteiger partial charge in [0.05, 0.1) is 11.6 Å². The zero-order chi connectivity index (χ0) is 10.7. The molecule has 1 aromatic rings. The average molecular weight is 226 g/mol. The summed E-state index contributed by atoms with van der Waals surface area (Å²) in [5, 5.41) is 3.24. The highest BCUT2D eigenvalue weighted by Gasteiger charge is 2.21. The van der Waals surface area contributed by atoms with E-state index in [1.165, 1.54) is 6.42 Å². The average Bonchev–Trinajstić information content (AvgIpc) is 2.65. The molecule has 0 aromatic carbocycles. The Hall–Kier alpha value is -0.450. The van der Waals surface area contributed by atoms with Crippen LogP contribution in [0, 0.1) is 12.8 Å². The molecule has 0 radical (unpaired) electrons. The molecule has 0 amide bonds. The third kappa shape index (κ3) is 3.00. The Morgan fingerprint density at radius 1 is 1.73 bits per heavy atom. The van der Waals surface area contributed by atoms with Crippen LogP contribution in [0.4, 0.5) is 0 Å². The summed E-state index contributed by atoms with van der Waals surface area (Å²) in [5.74, 6) is 0.517.